The van der Waals surface area contributed by atoms with Gasteiger partial charge in [0.25, 0.3) is 15.9 Å². The molecule has 4 N–H and O–H groups in total. The first-order valence-corrected chi connectivity index (χ1v) is 6.88. The highest BCUT2D eigenvalue weighted by atomic mass is 32.2. The Morgan fingerprint density at radius 1 is 1.65 bits per heavy atom. The number of nitrogens with two attached hydrogens (primary N) is 1. The van der Waals surface area contributed by atoms with Crippen LogP contribution < -0.4 is 10.5 Å². The van der Waals surface area contributed by atoms with E-state index in [2.05, 4.69) is 9.71 Å². The number of hydrogen-bond donors (Lipinski definition) is 3. The standard InChI is InChI=1S/C8H13N3O4S2/c1-8(2,4-12)11-17(14,15)5-3-10-7(16-5)6(9)13/h3,11-12H,4H2,1-2H3,(H2,9,13). The molecule has 1 aromatic rings. The SMILES string of the molecule is CC(C)(CO)NS(=O)(=O)c1cnc(C(N)=O)s1. The summed E-state index contributed by atoms with van der Waals surface area (Å²) < 4.78 is 25.9. The van der Waals surface area contributed by atoms with E-state index in [9.17, 15) is 13.2 Å². The van der Waals surface area contributed by atoms with E-state index in [1.54, 1.807) is 0 Å². The van der Waals surface area contributed by atoms with Gasteiger partial charge in [-0.15, -0.1) is 0 Å². The number of nitrogens with zero attached hydrogens (tertiary/aromatic N) is 1. The highest BCUT2D eigenvalue weighted by Gasteiger charge is 2.27. The molecule has 1 heterocycles. The molecule has 0 unspecified atom stereocenters. The molecule has 0 aliphatic heterocycles. The van der Waals surface area contributed by atoms with E-state index in [-0.39, 0.29) is 15.8 Å². The molecular formula is C8H13N3O4S2. The summed E-state index contributed by atoms with van der Waals surface area (Å²) in [5.41, 5.74) is 3.99. The molecule has 1 rings (SSSR count). The van der Waals surface area contributed by atoms with Crippen molar-refractivity contribution >= 4 is 27.3 Å². The summed E-state index contributed by atoms with van der Waals surface area (Å²) in [7, 11) is -3.80. The number of sulfonamides is 1. The van der Waals surface area contributed by atoms with Crippen molar-refractivity contribution in [3.05, 3.63) is 11.2 Å². The van der Waals surface area contributed by atoms with Crippen LogP contribution in [0.15, 0.2) is 10.4 Å². The van der Waals surface area contributed by atoms with Gasteiger partial charge in [0, 0.05) is 0 Å². The summed E-state index contributed by atoms with van der Waals surface area (Å²) in [5, 5.41) is 8.91. The normalized spacial score (nSPS) is 12.6. The molecular weight excluding hydrogens is 266 g/mol. The number of aliphatic hydroxyl groups excluding tert-OH is 1. The Hall–Kier alpha value is -1.03. The highest BCUT2D eigenvalue weighted by molar-refractivity contribution is 7.91. The monoisotopic (exact) mass is 279 g/mol. The molecule has 0 aliphatic carbocycles. The maximum atomic E-state index is 11.8. The van der Waals surface area contributed by atoms with Crippen molar-refractivity contribution in [3.8, 4) is 0 Å². The topological polar surface area (TPSA) is 122 Å². The van der Waals surface area contributed by atoms with Gasteiger partial charge in [-0.25, -0.2) is 18.1 Å². The first-order valence-electron chi connectivity index (χ1n) is 4.58. The Morgan fingerprint density at radius 2 is 2.24 bits per heavy atom. The molecule has 0 atom stereocenters. The maximum Gasteiger partial charge on any atom is 0.277 e. The van der Waals surface area contributed by atoms with Gasteiger partial charge >= 0.3 is 0 Å². The molecule has 0 aliphatic rings. The molecule has 17 heavy (non-hydrogen) atoms. The van der Waals surface area contributed by atoms with Crippen LogP contribution >= 0.6 is 11.3 Å². The summed E-state index contributed by atoms with van der Waals surface area (Å²) in [5.74, 6) is -0.780. The molecule has 0 radical (unpaired) electrons. The van der Waals surface area contributed by atoms with E-state index in [0.717, 1.165) is 6.20 Å². The van der Waals surface area contributed by atoms with E-state index in [0.29, 0.717) is 11.3 Å². The van der Waals surface area contributed by atoms with Gasteiger partial charge in [0.2, 0.25) is 0 Å². The Balaban J connectivity index is 3.02. The number of primary amides is 1. The van der Waals surface area contributed by atoms with Crippen molar-refractivity contribution in [1.29, 1.82) is 0 Å². The fourth-order valence-corrected chi connectivity index (χ4v) is 3.33. The molecule has 7 nitrogen and oxygen atoms in total. The number of thiazole rings is 1. The number of carbonyl (C=O) groups is 1. The Morgan fingerprint density at radius 3 is 2.65 bits per heavy atom. The lowest BCUT2D eigenvalue weighted by molar-refractivity contribution is 0.1000. The van der Waals surface area contributed by atoms with Crippen LogP contribution in [0.25, 0.3) is 0 Å². The van der Waals surface area contributed by atoms with Gasteiger partial charge in [-0.3, -0.25) is 4.79 Å². The van der Waals surface area contributed by atoms with Crippen molar-refractivity contribution in [2.75, 3.05) is 6.61 Å². The van der Waals surface area contributed by atoms with E-state index in [1.165, 1.54) is 13.8 Å². The zero-order valence-corrected chi connectivity index (χ0v) is 10.9. The minimum atomic E-state index is -3.80. The summed E-state index contributed by atoms with van der Waals surface area (Å²) in [6.07, 6.45) is 1.06. The van der Waals surface area contributed by atoms with Crippen molar-refractivity contribution in [2.45, 2.75) is 23.6 Å². The van der Waals surface area contributed by atoms with Gasteiger partial charge in [-0.1, -0.05) is 11.3 Å². The second-order valence-corrected chi connectivity index (χ2v) is 6.94. The van der Waals surface area contributed by atoms with Crippen LogP contribution in [0, 0.1) is 0 Å². The van der Waals surface area contributed by atoms with Crippen molar-refractivity contribution in [2.24, 2.45) is 5.73 Å². The van der Waals surface area contributed by atoms with Crippen LogP contribution in [0.1, 0.15) is 23.6 Å². The molecule has 0 saturated heterocycles. The number of carbonyl (C=O) groups excluding carboxylic acids is 1. The van der Waals surface area contributed by atoms with Crippen LogP contribution in [0.3, 0.4) is 0 Å². The lowest BCUT2D eigenvalue weighted by Gasteiger charge is -2.22. The molecule has 0 bridgehead atoms. The number of aromatic nitrogens is 1. The minimum absolute atomic E-state index is 0.0767. The zero-order chi connectivity index (χ0) is 13.3. The predicted molar refractivity (Wildman–Crippen MR) is 62.1 cm³/mol. The average molecular weight is 279 g/mol. The number of rotatable bonds is 5. The smallest absolute Gasteiger partial charge is 0.277 e. The third-order valence-electron chi connectivity index (χ3n) is 1.77. The third kappa shape index (κ3) is 3.46. The fourth-order valence-electron chi connectivity index (χ4n) is 0.944. The van der Waals surface area contributed by atoms with E-state index in [1.807, 2.05) is 0 Å². The lowest BCUT2D eigenvalue weighted by atomic mass is 10.1. The van der Waals surface area contributed by atoms with Gasteiger partial charge < -0.3 is 10.8 Å². The van der Waals surface area contributed by atoms with Gasteiger partial charge in [0.15, 0.2) is 9.22 Å². The van der Waals surface area contributed by atoms with E-state index < -0.39 is 21.5 Å². The van der Waals surface area contributed by atoms with Gasteiger partial charge in [-0.05, 0) is 13.8 Å². The molecule has 0 saturated carbocycles. The van der Waals surface area contributed by atoms with E-state index >= 15 is 0 Å². The van der Waals surface area contributed by atoms with Crippen molar-refractivity contribution < 1.29 is 18.3 Å². The van der Waals surface area contributed by atoms with Crippen LogP contribution in [-0.2, 0) is 10.0 Å². The largest absolute Gasteiger partial charge is 0.394 e. The molecule has 0 aromatic carbocycles. The molecule has 0 spiro atoms. The second-order valence-electron chi connectivity index (χ2n) is 4.00. The van der Waals surface area contributed by atoms with Gasteiger partial charge in [0.1, 0.15) is 0 Å². The Kier molecular flexibility index (Phi) is 3.87. The van der Waals surface area contributed by atoms with Crippen molar-refractivity contribution in [3.63, 3.8) is 0 Å². The van der Waals surface area contributed by atoms with Crippen LogP contribution in [0.2, 0.25) is 0 Å². The fraction of sp³-hybridized carbons (Fsp3) is 0.500. The molecule has 0 fully saturated rings. The van der Waals surface area contributed by atoms with Gasteiger partial charge in [0.05, 0.1) is 18.3 Å². The van der Waals surface area contributed by atoms with Crippen LogP contribution in [-0.4, -0.2) is 36.6 Å². The molecule has 1 amide bonds. The maximum absolute atomic E-state index is 11.8. The van der Waals surface area contributed by atoms with Crippen LogP contribution in [0.5, 0.6) is 0 Å². The predicted octanol–water partition coefficient (Wildman–Crippen LogP) is -0.709. The minimum Gasteiger partial charge on any atom is -0.394 e. The van der Waals surface area contributed by atoms with Gasteiger partial charge in [-0.2, -0.15) is 0 Å². The number of aliphatic hydroxyl groups is 1. The van der Waals surface area contributed by atoms with E-state index in [4.69, 9.17) is 10.8 Å². The summed E-state index contributed by atoms with van der Waals surface area (Å²) in [6.45, 7) is 2.70. The summed E-state index contributed by atoms with van der Waals surface area (Å²) in [6, 6.07) is 0. The second kappa shape index (κ2) is 4.69. The number of nitrogens with one attached hydrogen (secondary N) is 1. The summed E-state index contributed by atoms with van der Waals surface area (Å²) in [4.78, 5) is 14.4. The first kappa shape index (κ1) is 14.0. The molecule has 9 heteroatoms. The van der Waals surface area contributed by atoms with Crippen molar-refractivity contribution in [1.82, 2.24) is 9.71 Å². The molecule has 96 valence electrons. The zero-order valence-electron chi connectivity index (χ0n) is 9.30. The quantitative estimate of drug-likeness (QED) is 0.657. The Labute approximate surface area is 103 Å². The number of hydrogen-bond acceptors (Lipinski definition) is 6. The summed E-state index contributed by atoms with van der Waals surface area (Å²) >= 11 is 0.681. The van der Waals surface area contributed by atoms with Crippen LogP contribution in [0.4, 0.5) is 0 Å². The third-order valence-corrected chi connectivity index (χ3v) is 4.94. The highest BCUT2D eigenvalue weighted by Crippen LogP contribution is 2.19. The number of amides is 1. The lowest BCUT2D eigenvalue weighted by Crippen LogP contribution is -2.45. The average Bonchev–Trinajstić information content (AvgIpc) is 2.65. The molecule has 1 aromatic heterocycles. The Bertz CT molecular complexity index is 521. The first-order chi connectivity index (χ1) is 7.68.